The van der Waals surface area contributed by atoms with Crippen LogP contribution in [0.25, 0.3) is 0 Å². The van der Waals surface area contributed by atoms with Gasteiger partial charge in [-0.2, -0.15) is 0 Å². The molecule has 0 aliphatic carbocycles. The molecular formula is C25H32N2O7. The van der Waals surface area contributed by atoms with Crippen molar-refractivity contribution in [3.05, 3.63) is 17.7 Å². The fourth-order valence-electron chi connectivity index (χ4n) is 6.57. The number of methoxy groups -OCH3 is 2. The Morgan fingerprint density at radius 3 is 2.59 bits per heavy atom. The van der Waals surface area contributed by atoms with Crippen molar-refractivity contribution in [1.29, 1.82) is 0 Å². The van der Waals surface area contributed by atoms with Gasteiger partial charge >= 0.3 is 5.97 Å². The molecular weight excluding hydrogens is 440 g/mol. The van der Waals surface area contributed by atoms with Gasteiger partial charge in [0.15, 0.2) is 11.5 Å². The molecule has 0 N–H and O–H groups in total. The second-order valence-corrected chi connectivity index (χ2v) is 9.80. The molecule has 9 heteroatoms. The van der Waals surface area contributed by atoms with Crippen molar-refractivity contribution in [3.8, 4) is 17.2 Å². The van der Waals surface area contributed by atoms with Gasteiger partial charge in [-0.15, -0.1) is 0 Å². The van der Waals surface area contributed by atoms with Crippen LogP contribution in [0.1, 0.15) is 48.9 Å². The van der Waals surface area contributed by atoms with Gasteiger partial charge < -0.3 is 23.8 Å². The molecule has 4 fully saturated rings. The molecule has 0 aromatic heterocycles. The van der Waals surface area contributed by atoms with Gasteiger partial charge in [-0.3, -0.25) is 14.5 Å². The second kappa shape index (κ2) is 9.44. The molecule has 5 unspecified atom stereocenters. The molecule has 1 aromatic carbocycles. The summed E-state index contributed by atoms with van der Waals surface area (Å²) in [5.74, 6) is 1.41. The molecule has 9 nitrogen and oxygen atoms in total. The Kier molecular flexibility index (Phi) is 6.38. The van der Waals surface area contributed by atoms with Gasteiger partial charge in [0.05, 0.1) is 19.8 Å². The van der Waals surface area contributed by atoms with E-state index in [9.17, 15) is 14.4 Å². The van der Waals surface area contributed by atoms with E-state index in [4.69, 9.17) is 18.9 Å². The number of hydrogen-bond acceptors (Lipinski definition) is 8. The summed E-state index contributed by atoms with van der Waals surface area (Å²) in [6.07, 6.45) is 5.30. The van der Waals surface area contributed by atoms with E-state index < -0.39 is 5.97 Å². The maximum Gasteiger partial charge on any atom is 0.338 e. The van der Waals surface area contributed by atoms with Crippen LogP contribution in [0.5, 0.6) is 17.2 Å². The highest BCUT2D eigenvalue weighted by Gasteiger charge is 2.49. The van der Waals surface area contributed by atoms with E-state index in [2.05, 4.69) is 9.80 Å². The highest BCUT2D eigenvalue weighted by Crippen LogP contribution is 2.44. The van der Waals surface area contributed by atoms with Crippen molar-refractivity contribution in [2.24, 2.45) is 11.8 Å². The topological polar surface area (TPSA) is 94.6 Å². The zero-order valence-corrected chi connectivity index (χ0v) is 19.7. The Labute approximate surface area is 199 Å². The predicted molar refractivity (Wildman–Crippen MR) is 121 cm³/mol. The van der Waals surface area contributed by atoms with Crippen LogP contribution in [0, 0.1) is 11.8 Å². The molecule has 0 saturated carbocycles. The summed E-state index contributed by atoms with van der Waals surface area (Å²) < 4.78 is 21.5. The minimum absolute atomic E-state index is 0.0971. The van der Waals surface area contributed by atoms with Gasteiger partial charge in [0.2, 0.25) is 11.7 Å². The third-order valence-electron chi connectivity index (χ3n) is 8.05. The third-order valence-corrected chi connectivity index (χ3v) is 8.05. The number of esters is 1. The SMILES string of the molecule is COc1cc(C(=O)OC2CCN3CC4CC(CN5C(=O)CCCC45)C3C2)cc(OC=O)c1OC. The Bertz CT molecular complexity index is 967. The monoisotopic (exact) mass is 472 g/mol. The number of carbonyl (C=O) groups is 3. The van der Waals surface area contributed by atoms with E-state index in [1.807, 2.05) is 0 Å². The van der Waals surface area contributed by atoms with Crippen molar-refractivity contribution in [2.45, 2.75) is 56.7 Å². The number of fused-ring (bicyclic) bond motifs is 6. The molecule has 0 spiro atoms. The summed E-state index contributed by atoms with van der Waals surface area (Å²) in [5, 5.41) is 0. The van der Waals surface area contributed by atoms with Gasteiger partial charge in [0.25, 0.3) is 6.47 Å². The molecule has 4 heterocycles. The highest BCUT2D eigenvalue weighted by atomic mass is 16.6. The molecule has 4 aliphatic rings. The van der Waals surface area contributed by atoms with Crippen molar-refractivity contribution in [1.82, 2.24) is 9.80 Å². The van der Waals surface area contributed by atoms with E-state index in [-0.39, 0.29) is 35.4 Å². The standard InChI is InChI=1S/C25H32N2O7/c1-31-21-9-15(10-22(33-14-28)24(21)32-2)25(30)34-18-6-7-26-12-16-8-17(20(26)11-18)13-27-19(16)4-3-5-23(27)29/h9-10,14,16-20H,3-8,11-13H2,1-2H3. The van der Waals surface area contributed by atoms with Gasteiger partial charge in [0.1, 0.15) is 6.10 Å². The van der Waals surface area contributed by atoms with Crippen LogP contribution in [0.4, 0.5) is 0 Å². The fourth-order valence-corrected chi connectivity index (χ4v) is 6.57. The first-order valence-electron chi connectivity index (χ1n) is 12.1. The molecule has 184 valence electrons. The minimum atomic E-state index is -0.487. The number of piperidine rings is 4. The Morgan fingerprint density at radius 1 is 1.03 bits per heavy atom. The normalized spacial score (nSPS) is 30.6. The quantitative estimate of drug-likeness (QED) is 0.460. The largest absolute Gasteiger partial charge is 0.493 e. The number of carbonyl (C=O) groups excluding carboxylic acids is 3. The number of rotatable bonds is 6. The number of benzene rings is 1. The summed E-state index contributed by atoms with van der Waals surface area (Å²) in [7, 11) is 2.88. The van der Waals surface area contributed by atoms with Crippen molar-refractivity contribution in [2.75, 3.05) is 33.9 Å². The first-order valence-corrected chi connectivity index (χ1v) is 12.1. The van der Waals surface area contributed by atoms with Crippen LogP contribution in [0.2, 0.25) is 0 Å². The van der Waals surface area contributed by atoms with E-state index in [1.165, 1.54) is 26.4 Å². The molecule has 5 rings (SSSR count). The summed E-state index contributed by atoms with van der Waals surface area (Å²) in [6.45, 7) is 3.02. The Morgan fingerprint density at radius 2 is 1.82 bits per heavy atom. The Hall–Kier alpha value is -2.81. The first-order chi connectivity index (χ1) is 16.5. The average Bonchev–Trinajstić information content (AvgIpc) is 2.85. The Balaban J connectivity index is 1.28. The molecule has 2 bridgehead atoms. The van der Waals surface area contributed by atoms with Gasteiger partial charge in [-0.05, 0) is 49.7 Å². The van der Waals surface area contributed by atoms with Gasteiger partial charge in [0, 0.05) is 44.6 Å². The summed E-state index contributed by atoms with van der Waals surface area (Å²) in [4.78, 5) is 41.2. The van der Waals surface area contributed by atoms with Crippen molar-refractivity contribution in [3.63, 3.8) is 0 Å². The van der Waals surface area contributed by atoms with Crippen LogP contribution in [-0.4, -0.2) is 80.2 Å². The lowest BCUT2D eigenvalue weighted by Crippen LogP contribution is -2.65. The highest BCUT2D eigenvalue weighted by molar-refractivity contribution is 5.91. The summed E-state index contributed by atoms with van der Waals surface area (Å²) in [5.41, 5.74) is 0.236. The minimum Gasteiger partial charge on any atom is -0.493 e. The zero-order chi connectivity index (χ0) is 23.8. The summed E-state index contributed by atoms with van der Waals surface area (Å²) >= 11 is 0. The molecule has 0 radical (unpaired) electrons. The fraction of sp³-hybridized carbons (Fsp3) is 0.640. The van der Waals surface area contributed by atoms with Crippen molar-refractivity contribution < 1.29 is 33.3 Å². The lowest BCUT2D eigenvalue weighted by Gasteiger charge is -2.57. The average molecular weight is 473 g/mol. The van der Waals surface area contributed by atoms with Crippen LogP contribution in [-0.2, 0) is 14.3 Å². The van der Waals surface area contributed by atoms with E-state index in [0.717, 1.165) is 51.7 Å². The number of amides is 1. The smallest absolute Gasteiger partial charge is 0.338 e. The van der Waals surface area contributed by atoms with E-state index >= 15 is 0 Å². The van der Waals surface area contributed by atoms with Crippen LogP contribution in [0.3, 0.4) is 0 Å². The molecule has 1 aromatic rings. The van der Waals surface area contributed by atoms with Crippen LogP contribution < -0.4 is 14.2 Å². The zero-order valence-electron chi connectivity index (χ0n) is 19.7. The van der Waals surface area contributed by atoms with E-state index in [1.54, 1.807) is 0 Å². The lowest BCUT2D eigenvalue weighted by atomic mass is 9.70. The number of hydrogen-bond donors (Lipinski definition) is 0. The van der Waals surface area contributed by atoms with Gasteiger partial charge in [-0.1, -0.05) is 0 Å². The molecule has 4 saturated heterocycles. The van der Waals surface area contributed by atoms with Crippen LogP contribution in [0.15, 0.2) is 12.1 Å². The molecule has 1 amide bonds. The van der Waals surface area contributed by atoms with Crippen molar-refractivity contribution >= 4 is 18.3 Å². The molecule has 4 aliphatic heterocycles. The van der Waals surface area contributed by atoms with E-state index in [0.29, 0.717) is 36.2 Å². The predicted octanol–water partition coefficient (Wildman–Crippen LogP) is 2.26. The maximum absolute atomic E-state index is 13.0. The number of ether oxygens (including phenoxy) is 4. The lowest BCUT2D eigenvalue weighted by molar-refractivity contribution is -0.150. The summed E-state index contributed by atoms with van der Waals surface area (Å²) in [6, 6.07) is 3.68. The number of nitrogens with zero attached hydrogens (tertiary/aromatic N) is 2. The molecule has 34 heavy (non-hydrogen) atoms. The first kappa shape index (κ1) is 23.0. The maximum atomic E-state index is 13.0. The molecule has 5 atom stereocenters. The second-order valence-electron chi connectivity index (χ2n) is 9.80. The third kappa shape index (κ3) is 4.10. The van der Waals surface area contributed by atoms with Crippen LogP contribution >= 0.6 is 0 Å². The van der Waals surface area contributed by atoms with Gasteiger partial charge in [-0.25, -0.2) is 4.79 Å².